The van der Waals surface area contributed by atoms with Gasteiger partial charge in [0.05, 0.1) is 43.2 Å². The molecule has 6 rings (SSSR count). The molecular weight excluding hydrogens is 520 g/mol. The van der Waals surface area contributed by atoms with Crippen molar-refractivity contribution < 1.29 is 14.3 Å². The highest BCUT2D eigenvalue weighted by atomic mass is 16.5. The number of fused-ring (bicyclic) bond motifs is 1. The predicted octanol–water partition coefficient (Wildman–Crippen LogP) is 3.54. The third kappa shape index (κ3) is 5.62. The first kappa shape index (κ1) is 26.8. The molecule has 4 aromatic rings. The standard InChI is InChI=1S/C30H36N8O3/c1-35-13-15-36(16-14-35)29(39)22-5-4-12-37(20-22)23-7-9-25(27(17-23)40-2)33-30-32-19-24-8-10-26(38(24)34-30)21-6-11-28(41-3)31-18-21/h6-11,17-19,22H,4-5,12-16,20H2,1-3H3,(H,33,34)/t22-/m1/s1. The smallest absolute Gasteiger partial charge is 0.245 e. The van der Waals surface area contributed by atoms with Gasteiger partial charge in [-0.25, -0.2) is 14.5 Å². The number of benzene rings is 1. The SMILES string of the molecule is COc1ccc(-c2ccc3cnc(Nc4ccc(N5CCC[C@@H](C(=O)N6CCN(C)CC6)C5)cc4OC)nn23)cn1. The minimum absolute atomic E-state index is 0.0211. The highest BCUT2D eigenvalue weighted by molar-refractivity contribution is 5.80. The summed E-state index contributed by atoms with van der Waals surface area (Å²) in [6, 6.07) is 13.8. The van der Waals surface area contributed by atoms with Gasteiger partial charge in [0.25, 0.3) is 0 Å². The minimum Gasteiger partial charge on any atom is -0.494 e. The number of carbonyl (C=O) groups is 1. The molecule has 3 aromatic heterocycles. The molecule has 11 heteroatoms. The number of hydrogen-bond donors (Lipinski definition) is 1. The van der Waals surface area contributed by atoms with Gasteiger partial charge in [-0.1, -0.05) is 0 Å². The molecule has 2 aliphatic rings. The van der Waals surface area contributed by atoms with Gasteiger partial charge in [0.15, 0.2) is 0 Å². The van der Waals surface area contributed by atoms with Gasteiger partial charge < -0.3 is 29.5 Å². The Morgan fingerprint density at radius 3 is 2.56 bits per heavy atom. The van der Waals surface area contributed by atoms with Crippen LogP contribution in [0, 0.1) is 5.92 Å². The Morgan fingerprint density at radius 1 is 0.951 bits per heavy atom. The average Bonchev–Trinajstić information content (AvgIpc) is 3.44. The maximum absolute atomic E-state index is 13.3. The second kappa shape index (κ2) is 11.6. The van der Waals surface area contributed by atoms with E-state index in [1.807, 2.05) is 45.8 Å². The number of amides is 1. The van der Waals surface area contributed by atoms with Gasteiger partial charge >= 0.3 is 0 Å². The van der Waals surface area contributed by atoms with E-state index in [9.17, 15) is 4.79 Å². The molecule has 0 unspecified atom stereocenters. The summed E-state index contributed by atoms with van der Waals surface area (Å²) in [5, 5.41) is 8.06. The van der Waals surface area contributed by atoms with Crippen LogP contribution in [0.25, 0.3) is 16.8 Å². The van der Waals surface area contributed by atoms with E-state index in [-0.39, 0.29) is 11.8 Å². The van der Waals surface area contributed by atoms with Crippen molar-refractivity contribution in [3.8, 4) is 22.9 Å². The number of piperazine rings is 1. The van der Waals surface area contributed by atoms with E-state index in [1.54, 1.807) is 26.6 Å². The molecule has 2 fully saturated rings. The van der Waals surface area contributed by atoms with Crippen LogP contribution in [0.5, 0.6) is 11.6 Å². The Labute approximate surface area is 239 Å². The predicted molar refractivity (Wildman–Crippen MR) is 158 cm³/mol. The van der Waals surface area contributed by atoms with Crippen molar-refractivity contribution in [1.29, 1.82) is 0 Å². The number of piperidine rings is 1. The summed E-state index contributed by atoms with van der Waals surface area (Å²) in [6.45, 7) is 5.14. The van der Waals surface area contributed by atoms with Gasteiger partial charge in [-0.05, 0) is 50.2 Å². The van der Waals surface area contributed by atoms with Crippen LogP contribution >= 0.6 is 0 Å². The zero-order valence-electron chi connectivity index (χ0n) is 23.8. The Kier molecular flexibility index (Phi) is 7.60. The van der Waals surface area contributed by atoms with Crippen LogP contribution in [0.3, 0.4) is 0 Å². The van der Waals surface area contributed by atoms with E-state index in [4.69, 9.17) is 14.6 Å². The van der Waals surface area contributed by atoms with E-state index in [0.29, 0.717) is 17.6 Å². The van der Waals surface area contributed by atoms with Crippen LogP contribution in [0.15, 0.2) is 54.9 Å². The molecule has 0 spiro atoms. The van der Waals surface area contributed by atoms with Crippen LogP contribution in [0.4, 0.5) is 17.3 Å². The van der Waals surface area contributed by atoms with Crippen molar-refractivity contribution in [1.82, 2.24) is 29.4 Å². The molecule has 0 saturated carbocycles. The number of methoxy groups -OCH3 is 2. The Hall–Kier alpha value is -4.38. The average molecular weight is 557 g/mol. The van der Waals surface area contributed by atoms with Crippen molar-refractivity contribution in [2.75, 3.05) is 70.8 Å². The van der Waals surface area contributed by atoms with E-state index in [2.05, 4.69) is 38.2 Å². The monoisotopic (exact) mass is 556 g/mol. The van der Waals surface area contributed by atoms with Gasteiger partial charge in [-0.15, -0.1) is 5.10 Å². The first-order chi connectivity index (χ1) is 20.0. The molecule has 5 heterocycles. The fourth-order valence-electron chi connectivity index (χ4n) is 5.63. The highest BCUT2D eigenvalue weighted by Crippen LogP contribution is 2.34. The fraction of sp³-hybridized carbons (Fsp3) is 0.400. The van der Waals surface area contributed by atoms with Crippen molar-refractivity contribution in [3.05, 3.63) is 54.9 Å². The summed E-state index contributed by atoms with van der Waals surface area (Å²) in [4.78, 5) is 28.7. The number of carbonyl (C=O) groups excluding carboxylic acids is 1. The van der Waals surface area contributed by atoms with E-state index >= 15 is 0 Å². The molecule has 41 heavy (non-hydrogen) atoms. The van der Waals surface area contributed by atoms with Gasteiger partial charge in [0.1, 0.15) is 5.75 Å². The first-order valence-corrected chi connectivity index (χ1v) is 14.0. The number of aromatic nitrogens is 4. The van der Waals surface area contributed by atoms with Crippen molar-refractivity contribution in [2.24, 2.45) is 5.92 Å². The number of hydrogen-bond acceptors (Lipinski definition) is 9. The number of pyridine rings is 1. The summed E-state index contributed by atoms with van der Waals surface area (Å²) < 4.78 is 12.8. The maximum Gasteiger partial charge on any atom is 0.245 e. The number of nitrogens with one attached hydrogen (secondary N) is 1. The molecule has 0 radical (unpaired) electrons. The lowest BCUT2D eigenvalue weighted by Gasteiger charge is -2.39. The van der Waals surface area contributed by atoms with Crippen LogP contribution in [-0.4, -0.2) is 95.8 Å². The van der Waals surface area contributed by atoms with Gasteiger partial charge in [-0.2, -0.15) is 0 Å². The number of nitrogens with zero attached hydrogens (tertiary/aromatic N) is 7. The quantitative estimate of drug-likeness (QED) is 0.366. The van der Waals surface area contributed by atoms with Crippen LogP contribution in [0.1, 0.15) is 12.8 Å². The molecule has 1 amide bonds. The molecule has 1 atom stereocenters. The zero-order chi connectivity index (χ0) is 28.3. The molecule has 2 saturated heterocycles. The summed E-state index contributed by atoms with van der Waals surface area (Å²) in [5.41, 5.74) is 4.49. The lowest BCUT2D eigenvalue weighted by atomic mass is 9.95. The van der Waals surface area contributed by atoms with Crippen molar-refractivity contribution in [3.63, 3.8) is 0 Å². The normalized spacial score (nSPS) is 18.0. The van der Waals surface area contributed by atoms with Gasteiger partial charge in [0, 0.05) is 68.8 Å². The van der Waals surface area contributed by atoms with Gasteiger partial charge in [-0.3, -0.25) is 4.79 Å². The second-order valence-electron chi connectivity index (χ2n) is 10.6. The Bertz CT molecular complexity index is 1510. The third-order valence-corrected chi connectivity index (χ3v) is 8.02. The molecule has 1 aromatic carbocycles. The summed E-state index contributed by atoms with van der Waals surface area (Å²) in [6.07, 6.45) is 5.47. The molecule has 214 valence electrons. The lowest BCUT2D eigenvalue weighted by molar-refractivity contribution is -0.137. The summed E-state index contributed by atoms with van der Waals surface area (Å²) in [5.74, 6) is 2.00. The van der Waals surface area contributed by atoms with Crippen molar-refractivity contribution in [2.45, 2.75) is 12.8 Å². The lowest BCUT2D eigenvalue weighted by Crippen LogP contribution is -2.51. The largest absolute Gasteiger partial charge is 0.494 e. The van der Waals surface area contributed by atoms with Crippen LogP contribution in [-0.2, 0) is 4.79 Å². The number of likely N-dealkylation sites (N-methyl/N-ethyl adjacent to an activating group) is 1. The first-order valence-electron chi connectivity index (χ1n) is 14.0. The number of ether oxygens (including phenoxy) is 2. The number of anilines is 3. The van der Waals surface area contributed by atoms with Crippen LogP contribution < -0.4 is 19.7 Å². The zero-order valence-corrected chi connectivity index (χ0v) is 23.8. The third-order valence-electron chi connectivity index (χ3n) is 8.02. The molecule has 1 N–H and O–H groups in total. The molecule has 0 bridgehead atoms. The Morgan fingerprint density at radius 2 is 1.80 bits per heavy atom. The summed E-state index contributed by atoms with van der Waals surface area (Å²) >= 11 is 0. The molecule has 11 nitrogen and oxygen atoms in total. The number of rotatable bonds is 7. The van der Waals surface area contributed by atoms with E-state index in [0.717, 1.165) is 80.3 Å². The summed E-state index contributed by atoms with van der Waals surface area (Å²) in [7, 11) is 5.37. The second-order valence-corrected chi connectivity index (χ2v) is 10.6. The Balaban J connectivity index is 1.18. The van der Waals surface area contributed by atoms with E-state index in [1.165, 1.54) is 0 Å². The maximum atomic E-state index is 13.3. The molecular formula is C30H36N8O3. The van der Waals surface area contributed by atoms with Gasteiger partial charge in [0.2, 0.25) is 17.7 Å². The molecule has 0 aliphatic carbocycles. The van der Waals surface area contributed by atoms with Crippen LogP contribution in [0.2, 0.25) is 0 Å². The fourth-order valence-corrected chi connectivity index (χ4v) is 5.63. The highest BCUT2D eigenvalue weighted by Gasteiger charge is 2.31. The topological polar surface area (TPSA) is 100 Å². The minimum atomic E-state index is 0.0211. The van der Waals surface area contributed by atoms with Crippen molar-refractivity contribution >= 4 is 28.7 Å². The molecule has 2 aliphatic heterocycles. The van der Waals surface area contributed by atoms with E-state index < -0.39 is 0 Å².